The molecule has 0 radical (unpaired) electrons. The van der Waals surface area contributed by atoms with Crippen molar-refractivity contribution in [3.05, 3.63) is 59.7 Å². The van der Waals surface area contributed by atoms with E-state index in [1.807, 2.05) is 62.4 Å². The molecule has 3 nitrogen and oxygen atoms in total. The summed E-state index contributed by atoms with van der Waals surface area (Å²) in [7, 11) is 0. The van der Waals surface area contributed by atoms with Crippen LogP contribution in [0.1, 0.15) is 44.2 Å². The van der Waals surface area contributed by atoms with Crippen molar-refractivity contribution in [3.63, 3.8) is 0 Å². The van der Waals surface area contributed by atoms with Crippen molar-refractivity contribution < 1.29 is 9.53 Å². The first-order chi connectivity index (χ1) is 11.0. The fraction of sp³-hybridized carbons (Fsp3) is 0.350. The second-order valence-corrected chi connectivity index (χ2v) is 6.06. The van der Waals surface area contributed by atoms with E-state index in [1.165, 1.54) is 5.56 Å². The molecule has 2 aromatic rings. The first-order valence-electron chi connectivity index (χ1n) is 8.14. The number of rotatable bonds is 6. The smallest absolute Gasteiger partial charge is 0.265 e. The van der Waals surface area contributed by atoms with E-state index in [0.717, 1.165) is 17.0 Å². The molecule has 23 heavy (non-hydrogen) atoms. The number of ether oxygens (including phenoxy) is 1. The minimum absolute atomic E-state index is 0.110. The molecule has 122 valence electrons. The molecule has 0 aliphatic rings. The van der Waals surface area contributed by atoms with Gasteiger partial charge in [-0.15, -0.1) is 0 Å². The van der Waals surface area contributed by atoms with E-state index >= 15 is 0 Å². The van der Waals surface area contributed by atoms with E-state index in [0.29, 0.717) is 12.3 Å². The molecule has 2 aromatic carbocycles. The highest BCUT2D eigenvalue weighted by atomic mass is 16.5. The van der Waals surface area contributed by atoms with Gasteiger partial charge in [0.1, 0.15) is 5.75 Å². The van der Waals surface area contributed by atoms with E-state index in [-0.39, 0.29) is 5.91 Å². The van der Waals surface area contributed by atoms with Crippen LogP contribution in [0.5, 0.6) is 5.75 Å². The lowest BCUT2D eigenvalue weighted by molar-refractivity contribution is -0.122. The molecule has 1 atom stereocenters. The number of hydrogen-bond acceptors (Lipinski definition) is 2. The van der Waals surface area contributed by atoms with Crippen molar-refractivity contribution >= 4 is 11.6 Å². The van der Waals surface area contributed by atoms with Gasteiger partial charge in [-0.2, -0.15) is 0 Å². The van der Waals surface area contributed by atoms with E-state index in [2.05, 4.69) is 19.2 Å². The summed E-state index contributed by atoms with van der Waals surface area (Å²) in [6.45, 7) is 8.21. The standard InChI is InChI=1S/C20H25NO2/c1-5-19(23-16-12-10-15(4)11-13-16)20(22)21-18-9-7-6-8-17(18)14(2)3/h6-14,19H,5H2,1-4H3,(H,21,22). The predicted molar refractivity (Wildman–Crippen MR) is 95.0 cm³/mol. The molecule has 0 bridgehead atoms. The lowest BCUT2D eigenvalue weighted by Gasteiger charge is -2.19. The Labute approximate surface area is 138 Å². The summed E-state index contributed by atoms with van der Waals surface area (Å²) >= 11 is 0. The third-order valence-corrected chi connectivity index (χ3v) is 3.80. The molecule has 0 aliphatic heterocycles. The van der Waals surface area contributed by atoms with Crippen molar-refractivity contribution in [2.45, 2.75) is 46.1 Å². The van der Waals surface area contributed by atoms with E-state index in [1.54, 1.807) is 0 Å². The van der Waals surface area contributed by atoms with Crippen LogP contribution in [-0.4, -0.2) is 12.0 Å². The molecule has 2 rings (SSSR count). The molecule has 0 spiro atoms. The number of benzene rings is 2. The van der Waals surface area contributed by atoms with Gasteiger partial charge in [0, 0.05) is 5.69 Å². The molecule has 0 saturated heterocycles. The van der Waals surface area contributed by atoms with Gasteiger partial charge in [-0.3, -0.25) is 4.79 Å². The Morgan fingerprint density at radius 1 is 1.09 bits per heavy atom. The zero-order valence-corrected chi connectivity index (χ0v) is 14.3. The summed E-state index contributed by atoms with van der Waals surface area (Å²) in [5, 5.41) is 3.01. The van der Waals surface area contributed by atoms with Crippen LogP contribution in [0.25, 0.3) is 0 Å². The number of carbonyl (C=O) groups is 1. The number of para-hydroxylation sites is 1. The quantitative estimate of drug-likeness (QED) is 0.822. The van der Waals surface area contributed by atoms with Crippen LogP contribution in [0.3, 0.4) is 0 Å². The van der Waals surface area contributed by atoms with Crippen molar-refractivity contribution in [3.8, 4) is 5.75 Å². The van der Waals surface area contributed by atoms with Gasteiger partial charge in [0.25, 0.3) is 5.91 Å². The molecule has 3 heteroatoms. The van der Waals surface area contributed by atoms with E-state index < -0.39 is 6.10 Å². The fourth-order valence-electron chi connectivity index (χ4n) is 2.43. The first-order valence-corrected chi connectivity index (χ1v) is 8.14. The van der Waals surface area contributed by atoms with Crippen LogP contribution < -0.4 is 10.1 Å². The Kier molecular flexibility index (Phi) is 5.80. The minimum atomic E-state index is -0.502. The van der Waals surface area contributed by atoms with Gasteiger partial charge in [-0.1, -0.05) is 56.7 Å². The van der Waals surface area contributed by atoms with Crippen LogP contribution in [-0.2, 0) is 4.79 Å². The molecule has 1 N–H and O–H groups in total. The highest BCUT2D eigenvalue weighted by Crippen LogP contribution is 2.24. The van der Waals surface area contributed by atoms with Crippen molar-refractivity contribution in [1.82, 2.24) is 0 Å². The van der Waals surface area contributed by atoms with Gasteiger partial charge in [-0.25, -0.2) is 0 Å². The van der Waals surface area contributed by atoms with E-state index in [4.69, 9.17) is 4.74 Å². The molecule has 0 saturated carbocycles. The Morgan fingerprint density at radius 3 is 2.35 bits per heavy atom. The van der Waals surface area contributed by atoms with Gasteiger partial charge in [0.15, 0.2) is 6.10 Å². The third kappa shape index (κ3) is 4.59. The maximum Gasteiger partial charge on any atom is 0.265 e. The zero-order valence-electron chi connectivity index (χ0n) is 14.3. The maximum atomic E-state index is 12.6. The second-order valence-electron chi connectivity index (χ2n) is 6.06. The molecular formula is C20H25NO2. The summed E-state index contributed by atoms with van der Waals surface area (Å²) in [6.07, 6.45) is 0.113. The summed E-state index contributed by atoms with van der Waals surface area (Å²) < 4.78 is 5.84. The predicted octanol–water partition coefficient (Wildman–Crippen LogP) is 4.91. The van der Waals surface area contributed by atoms with Gasteiger partial charge in [0.2, 0.25) is 0 Å². The molecule has 1 amide bonds. The molecule has 0 heterocycles. The summed E-state index contributed by atoms with van der Waals surface area (Å²) in [4.78, 5) is 12.6. The number of amides is 1. The zero-order chi connectivity index (χ0) is 16.8. The number of aryl methyl sites for hydroxylation is 1. The van der Waals surface area contributed by atoms with Crippen LogP contribution in [0, 0.1) is 6.92 Å². The Balaban J connectivity index is 2.10. The summed E-state index contributed by atoms with van der Waals surface area (Å²) in [5.74, 6) is 0.959. The second kappa shape index (κ2) is 7.82. The number of hydrogen-bond donors (Lipinski definition) is 1. The topological polar surface area (TPSA) is 38.3 Å². The highest BCUT2D eigenvalue weighted by molar-refractivity contribution is 5.95. The van der Waals surface area contributed by atoms with Crippen LogP contribution in [0.15, 0.2) is 48.5 Å². The normalized spacial score (nSPS) is 12.0. The first kappa shape index (κ1) is 17.1. The van der Waals surface area contributed by atoms with Gasteiger partial charge >= 0.3 is 0 Å². The molecular weight excluding hydrogens is 286 g/mol. The molecule has 0 aliphatic carbocycles. The lowest BCUT2D eigenvalue weighted by Crippen LogP contribution is -2.32. The third-order valence-electron chi connectivity index (χ3n) is 3.80. The Bertz CT molecular complexity index is 647. The largest absolute Gasteiger partial charge is 0.481 e. The van der Waals surface area contributed by atoms with Crippen molar-refractivity contribution in [1.29, 1.82) is 0 Å². The molecule has 0 fully saturated rings. The number of anilines is 1. The Hall–Kier alpha value is -2.29. The minimum Gasteiger partial charge on any atom is -0.481 e. The molecule has 1 unspecified atom stereocenters. The average molecular weight is 311 g/mol. The van der Waals surface area contributed by atoms with Crippen molar-refractivity contribution in [2.75, 3.05) is 5.32 Å². The van der Waals surface area contributed by atoms with Gasteiger partial charge in [0.05, 0.1) is 0 Å². The number of carbonyl (C=O) groups excluding carboxylic acids is 1. The van der Waals surface area contributed by atoms with E-state index in [9.17, 15) is 4.79 Å². The highest BCUT2D eigenvalue weighted by Gasteiger charge is 2.20. The molecule has 0 aromatic heterocycles. The van der Waals surface area contributed by atoms with Gasteiger partial charge < -0.3 is 10.1 Å². The van der Waals surface area contributed by atoms with Crippen LogP contribution >= 0.6 is 0 Å². The summed E-state index contributed by atoms with van der Waals surface area (Å²) in [5.41, 5.74) is 3.16. The number of nitrogens with one attached hydrogen (secondary N) is 1. The SMILES string of the molecule is CCC(Oc1ccc(C)cc1)C(=O)Nc1ccccc1C(C)C. The maximum absolute atomic E-state index is 12.6. The van der Waals surface area contributed by atoms with Crippen LogP contribution in [0.2, 0.25) is 0 Å². The Morgan fingerprint density at radius 2 is 1.74 bits per heavy atom. The van der Waals surface area contributed by atoms with Crippen molar-refractivity contribution in [2.24, 2.45) is 0 Å². The van der Waals surface area contributed by atoms with Crippen LogP contribution in [0.4, 0.5) is 5.69 Å². The lowest BCUT2D eigenvalue weighted by atomic mass is 10.0. The fourth-order valence-corrected chi connectivity index (χ4v) is 2.43. The summed E-state index contributed by atoms with van der Waals surface area (Å²) in [6, 6.07) is 15.7. The van der Waals surface area contributed by atoms with Gasteiger partial charge in [-0.05, 0) is 43.0 Å². The monoisotopic (exact) mass is 311 g/mol. The average Bonchev–Trinajstić information content (AvgIpc) is 2.54.